The molecule has 0 bridgehead atoms. The maximum Gasteiger partial charge on any atom is 0.271 e. The molecule has 0 aliphatic carbocycles. The summed E-state index contributed by atoms with van der Waals surface area (Å²) < 4.78 is 2.07. The predicted molar refractivity (Wildman–Crippen MR) is 110 cm³/mol. The van der Waals surface area contributed by atoms with Gasteiger partial charge in [-0.3, -0.25) is 14.6 Å². The molecular formula is C22H23N5O2. The number of aromatic nitrogens is 3. The Morgan fingerprint density at radius 2 is 1.86 bits per heavy atom. The Balaban J connectivity index is 1.69. The topological polar surface area (TPSA) is 80.1 Å². The second-order valence-corrected chi connectivity index (χ2v) is 7.06. The SMILES string of the molecule is CNC(=O)c1nc(-c2ccccc2)n2c1CCN(C(=O)c1cnccc1C)CC2. The number of rotatable bonds is 3. The fourth-order valence-corrected chi connectivity index (χ4v) is 3.72. The van der Waals surface area contributed by atoms with E-state index in [1.807, 2.05) is 48.2 Å². The summed E-state index contributed by atoms with van der Waals surface area (Å²) in [6, 6.07) is 11.7. The largest absolute Gasteiger partial charge is 0.354 e. The second-order valence-electron chi connectivity index (χ2n) is 7.06. The fourth-order valence-electron chi connectivity index (χ4n) is 3.72. The van der Waals surface area contributed by atoms with Crippen molar-refractivity contribution in [1.29, 1.82) is 0 Å². The van der Waals surface area contributed by atoms with Crippen molar-refractivity contribution in [1.82, 2.24) is 24.8 Å². The van der Waals surface area contributed by atoms with E-state index >= 15 is 0 Å². The van der Waals surface area contributed by atoms with Crippen LogP contribution in [-0.4, -0.2) is 51.4 Å². The van der Waals surface area contributed by atoms with E-state index < -0.39 is 0 Å². The lowest BCUT2D eigenvalue weighted by atomic mass is 10.1. The Kier molecular flexibility index (Phi) is 5.12. The van der Waals surface area contributed by atoms with Crippen LogP contribution in [-0.2, 0) is 13.0 Å². The number of aryl methyl sites for hydroxylation is 1. The molecule has 3 heterocycles. The van der Waals surface area contributed by atoms with Gasteiger partial charge in [0.1, 0.15) is 11.5 Å². The van der Waals surface area contributed by atoms with Crippen molar-refractivity contribution in [3.05, 3.63) is 71.3 Å². The third-order valence-corrected chi connectivity index (χ3v) is 5.32. The average Bonchev–Trinajstić information content (AvgIpc) is 2.98. The number of hydrogen-bond acceptors (Lipinski definition) is 4. The van der Waals surface area contributed by atoms with Crippen LogP contribution < -0.4 is 5.32 Å². The zero-order valence-corrected chi connectivity index (χ0v) is 16.6. The standard InChI is InChI=1S/C22H23N5O2/c1-15-8-10-24-14-17(15)22(29)26-11-9-18-19(21(28)23-2)25-20(27(18)13-12-26)16-6-4-3-5-7-16/h3-8,10,14H,9,11-13H2,1-2H3,(H,23,28). The van der Waals surface area contributed by atoms with Crippen LogP contribution in [0.5, 0.6) is 0 Å². The van der Waals surface area contributed by atoms with Gasteiger partial charge in [-0.2, -0.15) is 0 Å². The number of nitrogens with zero attached hydrogens (tertiary/aromatic N) is 4. The highest BCUT2D eigenvalue weighted by atomic mass is 16.2. The summed E-state index contributed by atoms with van der Waals surface area (Å²) in [5.41, 5.74) is 3.77. The molecule has 0 saturated heterocycles. The third-order valence-electron chi connectivity index (χ3n) is 5.32. The van der Waals surface area contributed by atoms with Gasteiger partial charge >= 0.3 is 0 Å². The molecule has 0 unspecified atom stereocenters. The number of nitrogens with one attached hydrogen (secondary N) is 1. The highest BCUT2D eigenvalue weighted by molar-refractivity contribution is 5.96. The smallest absolute Gasteiger partial charge is 0.271 e. The van der Waals surface area contributed by atoms with Gasteiger partial charge in [-0.1, -0.05) is 30.3 Å². The van der Waals surface area contributed by atoms with Gasteiger partial charge in [0.15, 0.2) is 0 Å². The first-order valence-electron chi connectivity index (χ1n) is 9.67. The molecule has 29 heavy (non-hydrogen) atoms. The summed E-state index contributed by atoms with van der Waals surface area (Å²) in [5.74, 6) is 0.516. The molecular weight excluding hydrogens is 366 g/mol. The maximum absolute atomic E-state index is 13.1. The average molecular weight is 389 g/mol. The highest BCUT2D eigenvalue weighted by Gasteiger charge is 2.27. The number of imidazole rings is 1. The number of carbonyl (C=O) groups is 2. The molecule has 0 atom stereocenters. The maximum atomic E-state index is 13.1. The van der Waals surface area contributed by atoms with Crippen LogP contribution in [0.25, 0.3) is 11.4 Å². The van der Waals surface area contributed by atoms with Crippen molar-refractivity contribution in [2.45, 2.75) is 19.9 Å². The Morgan fingerprint density at radius 3 is 2.59 bits per heavy atom. The van der Waals surface area contributed by atoms with Crippen molar-refractivity contribution >= 4 is 11.8 Å². The summed E-state index contributed by atoms with van der Waals surface area (Å²) in [7, 11) is 1.61. The van der Waals surface area contributed by atoms with Gasteiger partial charge in [-0.15, -0.1) is 0 Å². The summed E-state index contributed by atoms with van der Waals surface area (Å²) in [5, 5.41) is 2.68. The first-order chi connectivity index (χ1) is 14.1. The van der Waals surface area contributed by atoms with Crippen molar-refractivity contribution in [3.8, 4) is 11.4 Å². The van der Waals surface area contributed by atoms with Gasteiger partial charge in [0, 0.05) is 51.1 Å². The Labute approximate surface area is 169 Å². The molecule has 1 aliphatic heterocycles. The molecule has 148 valence electrons. The van der Waals surface area contributed by atoms with Crippen LogP contribution in [0.4, 0.5) is 0 Å². The quantitative estimate of drug-likeness (QED) is 0.745. The van der Waals surface area contributed by atoms with E-state index in [2.05, 4.69) is 19.9 Å². The number of benzene rings is 1. The first-order valence-corrected chi connectivity index (χ1v) is 9.67. The van der Waals surface area contributed by atoms with Gasteiger partial charge < -0.3 is 14.8 Å². The zero-order chi connectivity index (χ0) is 20.4. The van der Waals surface area contributed by atoms with Gasteiger partial charge in [-0.05, 0) is 18.6 Å². The van der Waals surface area contributed by atoms with E-state index in [1.54, 1.807) is 19.4 Å². The lowest BCUT2D eigenvalue weighted by molar-refractivity contribution is 0.0758. The minimum Gasteiger partial charge on any atom is -0.354 e. The van der Waals surface area contributed by atoms with Crippen LogP contribution in [0.15, 0.2) is 48.8 Å². The minimum absolute atomic E-state index is 0.0305. The van der Waals surface area contributed by atoms with E-state index in [4.69, 9.17) is 0 Å². The zero-order valence-electron chi connectivity index (χ0n) is 16.6. The normalized spacial score (nSPS) is 13.5. The van der Waals surface area contributed by atoms with Crippen molar-refractivity contribution in [3.63, 3.8) is 0 Å². The molecule has 0 spiro atoms. The Morgan fingerprint density at radius 1 is 1.07 bits per heavy atom. The first kappa shape index (κ1) is 18.9. The van der Waals surface area contributed by atoms with E-state index in [0.29, 0.717) is 37.3 Å². The van der Waals surface area contributed by atoms with Gasteiger partial charge in [-0.25, -0.2) is 4.98 Å². The van der Waals surface area contributed by atoms with Gasteiger partial charge in [0.25, 0.3) is 11.8 Å². The second kappa shape index (κ2) is 7.87. The summed E-state index contributed by atoms with van der Waals surface area (Å²) in [6.45, 7) is 3.56. The van der Waals surface area contributed by atoms with Gasteiger partial charge in [0.05, 0.1) is 11.3 Å². The summed E-state index contributed by atoms with van der Waals surface area (Å²) in [6.07, 6.45) is 3.87. The summed E-state index contributed by atoms with van der Waals surface area (Å²) in [4.78, 5) is 36.1. The van der Waals surface area contributed by atoms with Gasteiger partial charge in [0.2, 0.25) is 0 Å². The highest BCUT2D eigenvalue weighted by Crippen LogP contribution is 2.25. The number of fused-ring (bicyclic) bond motifs is 1. The van der Waals surface area contributed by atoms with Crippen molar-refractivity contribution < 1.29 is 9.59 Å². The minimum atomic E-state index is -0.209. The molecule has 0 radical (unpaired) electrons. The molecule has 0 fully saturated rings. The van der Waals surface area contributed by atoms with Crippen LogP contribution >= 0.6 is 0 Å². The van der Waals surface area contributed by atoms with Crippen LogP contribution in [0, 0.1) is 6.92 Å². The fraction of sp³-hybridized carbons (Fsp3) is 0.273. The number of pyridine rings is 1. The van der Waals surface area contributed by atoms with Crippen LogP contribution in [0.1, 0.15) is 32.1 Å². The number of carbonyl (C=O) groups excluding carboxylic acids is 2. The van der Waals surface area contributed by atoms with Crippen LogP contribution in [0.3, 0.4) is 0 Å². The molecule has 7 nitrogen and oxygen atoms in total. The third kappa shape index (κ3) is 3.51. The van der Waals surface area contributed by atoms with E-state index in [9.17, 15) is 9.59 Å². The van der Waals surface area contributed by atoms with E-state index in [-0.39, 0.29) is 11.8 Å². The number of hydrogen-bond donors (Lipinski definition) is 1. The molecule has 2 aromatic heterocycles. The molecule has 4 rings (SSSR count). The molecule has 1 aliphatic rings. The molecule has 3 aromatic rings. The van der Waals surface area contributed by atoms with Crippen molar-refractivity contribution in [2.24, 2.45) is 0 Å². The molecule has 0 saturated carbocycles. The van der Waals surface area contributed by atoms with Crippen molar-refractivity contribution in [2.75, 3.05) is 20.1 Å². The van der Waals surface area contributed by atoms with E-state index in [1.165, 1.54) is 0 Å². The molecule has 2 amide bonds. The predicted octanol–water partition coefficient (Wildman–Crippen LogP) is 2.31. The lowest BCUT2D eigenvalue weighted by Crippen LogP contribution is -2.34. The van der Waals surface area contributed by atoms with Crippen LogP contribution in [0.2, 0.25) is 0 Å². The Hall–Kier alpha value is -3.48. The lowest BCUT2D eigenvalue weighted by Gasteiger charge is -2.21. The number of amides is 2. The van der Waals surface area contributed by atoms with E-state index in [0.717, 1.165) is 22.6 Å². The Bertz CT molecular complexity index is 1060. The monoisotopic (exact) mass is 389 g/mol. The summed E-state index contributed by atoms with van der Waals surface area (Å²) >= 11 is 0. The molecule has 1 aromatic carbocycles. The molecule has 1 N–H and O–H groups in total. The molecule has 7 heteroatoms.